The molecule has 27 heavy (non-hydrogen) atoms. The summed E-state index contributed by atoms with van der Waals surface area (Å²) in [6.07, 6.45) is 7.36. The number of rotatable bonds is 5. The van der Waals surface area contributed by atoms with Crippen LogP contribution in [0.1, 0.15) is 60.3 Å². The van der Waals surface area contributed by atoms with Gasteiger partial charge in [-0.05, 0) is 49.8 Å². The molecule has 1 aromatic heterocycles. The predicted molar refractivity (Wildman–Crippen MR) is 105 cm³/mol. The molecule has 2 fully saturated rings. The maximum atomic E-state index is 12.5. The van der Waals surface area contributed by atoms with Gasteiger partial charge in [0.25, 0.3) is 5.91 Å². The number of hydrogen-bond acceptors (Lipinski definition) is 4. The Morgan fingerprint density at radius 3 is 2.56 bits per heavy atom. The lowest BCUT2D eigenvalue weighted by Gasteiger charge is -2.32. The van der Waals surface area contributed by atoms with Crippen LogP contribution in [0, 0.1) is 0 Å². The Balaban J connectivity index is 1.38. The minimum Gasteiger partial charge on any atom is -0.337 e. The van der Waals surface area contributed by atoms with Crippen LogP contribution in [-0.4, -0.2) is 56.9 Å². The van der Waals surface area contributed by atoms with Gasteiger partial charge in [-0.2, -0.15) is 0 Å². The van der Waals surface area contributed by atoms with Gasteiger partial charge >= 0.3 is 0 Å². The number of hydrogen-bond donors (Lipinski definition) is 0. The lowest BCUT2D eigenvalue weighted by Crippen LogP contribution is -2.36. The highest BCUT2D eigenvalue weighted by Crippen LogP contribution is 2.23. The van der Waals surface area contributed by atoms with Crippen molar-refractivity contribution in [3.05, 3.63) is 47.3 Å². The number of carbonyl (C=O) groups is 1. The van der Waals surface area contributed by atoms with Crippen LogP contribution in [-0.2, 0) is 13.0 Å². The van der Waals surface area contributed by atoms with Crippen molar-refractivity contribution in [1.82, 2.24) is 24.8 Å². The second kappa shape index (κ2) is 8.21. The molecule has 0 N–H and O–H groups in total. The van der Waals surface area contributed by atoms with Crippen LogP contribution < -0.4 is 0 Å². The second-order valence-electron chi connectivity index (χ2n) is 7.78. The predicted octanol–water partition coefficient (Wildman–Crippen LogP) is 2.91. The fourth-order valence-corrected chi connectivity index (χ4v) is 4.16. The molecule has 0 radical (unpaired) electrons. The summed E-state index contributed by atoms with van der Waals surface area (Å²) < 4.78 is 1.91. The largest absolute Gasteiger partial charge is 0.337 e. The summed E-state index contributed by atoms with van der Waals surface area (Å²) in [5.74, 6) is 0.0300. The van der Waals surface area contributed by atoms with Crippen molar-refractivity contribution < 1.29 is 4.79 Å². The van der Waals surface area contributed by atoms with Crippen LogP contribution in [0.2, 0.25) is 0 Å². The van der Waals surface area contributed by atoms with Crippen molar-refractivity contribution in [3.63, 3.8) is 0 Å². The molecule has 1 amide bonds. The Hall–Kier alpha value is -2.21. The van der Waals surface area contributed by atoms with E-state index < -0.39 is 0 Å². The van der Waals surface area contributed by atoms with E-state index in [9.17, 15) is 4.79 Å². The van der Waals surface area contributed by atoms with Crippen LogP contribution in [0.15, 0.2) is 30.5 Å². The van der Waals surface area contributed by atoms with Crippen LogP contribution in [0.25, 0.3) is 0 Å². The first kappa shape index (κ1) is 18.2. The number of likely N-dealkylation sites (tertiary alicyclic amines) is 2. The van der Waals surface area contributed by atoms with Crippen molar-refractivity contribution in [1.29, 1.82) is 0 Å². The van der Waals surface area contributed by atoms with Crippen molar-refractivity contribution in [3.8, 4) is 0 Å². The molecule has 2 aromatic rings. The Morgan fingerprint density at radius 2 is 1.81 bits per heavy atom. The highest BCUT2D eigenvalue weighted by molar-refractivity contribution is 5.92. The van der Waals surface area contributed by atoms with Crippen molar-refractivity contribution in [2.75, 3.05) is 26.2 Å². The van der Waals surface area contributed by atoms with Crippen LogP contribution in [0.5, 0.6) is 0 Å². The van der Waals surface area contributed by atoms with Gasteiger partial charge in [-0.25, -0.2) is 4.68 Å². The lowest BCUT2D eigenvalue weighted by atomic mass is 10.0. The minimum atomic E-state index is 0.0300. The number of aryl methyl sites for hydroxylation is 1. The van der Waals surface area contributed by atoms with Crippen molar-refractivity contribution >= 4 is 5.91 Å². The molecule has 6 nitrogen and oxygen atoms in total. The number of nitrogens with zero attached hydrogens (tertiary/aromatic N) is 5. The standard InChI is InChI=1S/C21H29N5O/c1-2-17-7-9-18(10-8-17)14-24-11-5-6-19(15-24)26-16-20(22-23-26)21(27)25-12-3-4-13-25/h7-10,16,19H,2-6,11-15H2,1H3/t19-/m1/s1. The first-order valence-electron chi connectivity index (χ1n) is 10.2. The van der Waals surface area contributed by atoms with Crippen molar-refractivity contribution in [2.45, 2.75) is 51.6 Å². The average Bonchev–Trinajstić information content (AvgIpc) is 3.41. The van der Waals surface area contributed by atoms with Crippen LogP contribution in [0.3, 0.4) is 0 Å². The summed E-state index contributed by atoms with van der Waals surface area (Å²) in [5.41, 5.74) is 3.23. The molecule has 144 valence electrons. The zero-order valence-corrected chi connectivity index (χ0v) is 16.2. The Bertz CT molecular complexity index is 763. The first-order chi connectivity index (χ1) is 13.2. The molecule has 6 heteroatoms. The van der Waals surface area contributed by atoms with Gasteiger partial charge in [0, 0.05) is 26.2 Å². The maximum Gasteiger partial charge on any atom is 0.276 e. The molecule has 2 saturated heterocycles. The quantitative estimate of drug-likeness (QED) is 0.815. The molecule has 0 unspecified atom stereocenters. The van der Waals surface area contributed by atoms with E-state index in [1.54, 1.807) is 0 Å². The molecule has 0 bridgehead atoms. The highest BCUT2D eigenvalue weighted by atomic mass is 16.2. The van der Waals surface area contributed by atoms with E-state index in [0.29, 0.717) is 11.7 Å². The molecule has 0 saturated carbocycles. The summed E-state index contributed by atoms with van der Waals surface area (Å²) in [7, 11) is 0. The maximum absolute atomic E-state index is 12.5. The van der Waals surface area contributed by atoms with Gasteiger partial charge in [-0.15, -0.1) is 5.10 Å². The average molecular weight is 367 g/mol. The van der Waals surface area contributed by atoms with E-state index >= 15 is 0 Å². The summed E-state index contributed by atoms with van der Waals surface area (Å²) in [5, 5.41) is 8.46. The van der Waals surface area contributed by atoms with Crippen molar-refractivity contribution in [2.24, 2.45) is 0 Å². The van der Waals surface area contributed by atoms with Crippen LogP contribution >= 0.6 is 0 Å². The van der Waals surface area contributed by atoms with Crippen LogP contribution in [0.4, 0.5) is 0 Å². The van der Waals surface area contributed by atoms with Gasteiger partial charge in [0.1, 0.15) is 0 Å². The Labute approximate surface area is 161 Å². The van der Waals surface area contributed by atoms with E-state index in [0.717, 1.165) is 64.8 Å². The lowest BCUT2D eigenvalue weighted by molar-refractivity contribution is 0.0787. The van der Waals surface area contributed by atoms with Gasteiger partial charge in [0.2, 0.25) is 0 Å². The molecule has 3 heterocycles. The third kappa shape index (κ3) is 4.21. The van der Waals surface area contributed by atoms with Gasteiger partial charge < -0.3 is 4.90 Å². The smallest absolute Gasteiger partial charge is 0.276 e. The molecular weight excluding hydrogens is 338 g/mol. The highest BCUT2D eigenvalue weighted by Gasteiger charge is 2.26. The Morgan fingerprint density at radius 1 is 1.07 bits per heavy atom. The number of piperidine rings is 1. The first-order valence-corrected chi connectivity index (χ1v) is 10.2. The zero-order chi connectivity index (χ0) is 18.6. The molecular formula is C21H29N5O. The summed E-state index contributed by atoms with van der Waals surface area (Å²) in [6, 6.07) is 9.23. The third-order valence-corrected chi connectivity index (χ3v) is 5.81. The Kier molecular flexibility index (Phi) is 5.53. The van der Waals surface area contributed by atoms with Gasteiger partial charge in [-0.3, -0.25) is 9.69 Å². The third-order valence-electron chi connectivity index (χ3n) is 5.81. The molecule has 4 rings (SSSR count). The monoisotopic (exact) mass is 367 g/mol. The van der Waals surface area contributed by atoms with E-state index in [1.165, 1.54) is 11.1 Å². The fourth-order valence-electron chi connectivity index (χ4n) is 4.16. The summed E-state index contributed by atoms with van der Waals surface area (Å²) >= 11 is 0. The molecule has 1 aromatic carbocycles. The van der Waals surface area contributed by atoms with Gasteiger partial charge in [0.15, 0.2) is 5.69 Å². The number of benzene rings is 1. The topological polar surface area (TPSA) is 54.3 Å². The SMILES string of the molecule is CCc1ccc(CN2CCC[C@@H](n3cc(C(=O)N4CCCC4)nn3)C2)cc1. The molecule has 2 aliphatic rings. The summed E-state index contributed by atoms with van der Waals surface area (Å²) in [4.78, 5) is 16.9. The van der Waals surface area contributed by atoms with Gasteiger partial charge in [-0.1, -0.05) is 36.4 Å². The number of carbonyl (C=O) groups excluding carboxylic acids is 1. The second-order valence-corrected chi connectivity index (χ2v) is 7.78. The zero-order valence-electron chi connectivity index (χ0n) is 16.2. The van der Waals surface area contributed by atoms with E-state index in [2.05, 4.69) is 46.4 Å². The van der Waals surface area contributed by atoms with E-state index in [1.807, 2.05) is 15.8 Å². The molecule has 1 atom stereocenters. The minimum absolute atomic E-state index is 0.0300. The normalized spacial score (nSPS) is 20.9. The van der Waals surface area contributed by atoms with E-state index in [-0.39, 0.29) is 5.91 Å². The van der Waals surface area contributed by atoms with E-state index in [4.69, 9.17) is 0 Å². The molecule has 0 aliphatic carbocycles. The number of aromatic nitrogens is 3. The molecule has 2 aliphatic heterocycles. The summed E-state index contributed by atoms with van der Waals surface area (Å²) in [6.45, 7) is 6.91. The molecule has 0 spiro atoms. The number of amides is 1. The van der Waals surface area contributed by atoms with Gasteiger partial charge in [0.05, 0.1) is 12.2 Å². The fraction of sp³-hybridized carbons (Fsp3) is 0.571.